The van der Waals surface area contributed by atoms with Gasteiger partial charge in [-0.25, -0.2) is 4.79 Å². The van der Waals surface area contributed by atoms with Crippen LogP contribution in [0.3, 0.4) is 0 Å². The van der Waals surface area contributed by atoms with Crippen LogP contribution >= 0.6 is 0 Å². The molecule has 0 heterocycles. The number of carboxylic acids is 1. The Hall–Kier alpha value is -2.30. The quantitative estimate of drug-likeness (QED) is 0.727. The van der Waals surface area contributed by atoms with Gasteiger partial charge in [-0.05, 0) is 18.2 Å². The zero-order valence-electron chi connectivity index (χ0n) is 11.1. The number of allylic oxidation sites excluding steroid dienone is 1. The van der Waals surface area contributed by atoms with Gasteiger partial charge in [0.2, 0.25) is 0 Å². The number of phenols is 1. The van der Waals surface area contributed by atoms with E-state index in [9.17, 15) is 14.7 Å². The summed E-state index contributed by atoms with van der Waals surface area (Å²) in [5.74, 6) is -1.55. The number of carbonyl (C=O) groups is 2. The lowest BCUT2D eigenvalue weighted by atomic mass is 9.91. The summed E-state index contributed by atoms with van der Waals surface area (Å²) in [6, 6.07) is 4.09. The highest BCUT2D eigenvalue weighted by Gasteiger charge is 2.17. The number of benzene rings is 1. The number of anilines is 1. The summed E-state index contributed by atoms with van der Waals surface area (Å²) in [6.45, 7) is 5.44. The molecular weight excluding hydrogens is 246 g/mol. The van der Waals surface area contributed by atoms with Crippen LogP contribution in [0.5, 0.6) is 5.75 Å². The van der Waals surface area contributed by atoms with Crippen LogP contribution in [0.1, 0.15) is 31.1 Å². The molecule has 5 heteroatoms. The Morgan fingerprint density at radius 3 is 2.37 bits per heavy atom. The predicted octanol–water partition coefficient (Wildman–Crippen LogP) is 2.63. The fraction of sp³-hybridized carbons (Fsp3) is 0.286. The van der Waals surface area contributed by atoms with Crippen LogP contribution in [0, 0.1) is 5.41 Å². The third-order valence-corrected chi connectivity index (χ3v) is 2.45. The van der Waals surface area contributed by atoms with Crippen molar-refractivity contribution >= 4 is 17.4 Å². The van der Waals surface area contributed by atoms with Crippen molar-refractivity contribution in [3.8, 4) is 5.75 Å². The van der Waals surface area contributed by atoms with E-state index in [1.165, 1.54) is 30.5 Å². The Morgan fingerprint density at radius 1 is 1.26 bits per heavy atom. The van der Waals surface area contributed by atoms with E-state index < -0.39 is 11.4 Å². The molecule has 0 saturated heterocycles. The molecule has 0 aliphatic carbocycles. The molecule has 1 rings (SSSR count). The first-order valence-corrected chi connectivity index (χ1v) is 5.75. The monoisotopic (exact) mass is 263 g/mol. The summed E-state index contributed by atoms with van der Waals surface area (Å²) < 4.78 is 0. The van der Waals surface area contributed by atoms with Crippen molar-refractivity contribution in [1.29, 1.82) is 0 Å². The third-order valence-electron chi connectivity index (χ3n) is 2.45. The first kappa shape index (κ1) is 14.8. The summed E-state index contributed by atoms with van der Waals surface area (Å²) in [5, 5.41) is 21.0. The number of aromatic hydroxyl groups is 1. The first-order chi connectivity index (χ1) is 8.71. The minimum absolute atomic E-state index is 0.0358. The molecule has 0 amide bonds. The number of ketones is 1. The molecule has 0 aliphatic heterocycles. The molecule has 0 aliphatic rings. The Morgan fingerprint density at radius 2 is 1.89 bits per heavy atom. The van der Waals surface area contributed by atoms with E-state index >= 15 is 0 Å². The van der Waals surface area contributed by atoms with Gasteiger partial charge < -0.3 is 15.5 Å². The van der Waals surface area contributed by atoms with Crippen molar-refractivity contribution in [2.45, 2.75) is 20.8 Å². The van der Waals surface area contributed by atoms with Gasteiger partial charge in [0.25, 0.3) is 0 Å². The molecule has 0 bridgehead atoms. The van der Waals surface area contributed by atoms with Crippen molar-refractivity contribution in [2.75, 3.05) is 5.32 Å². The topological polar surface area (TPSA) is 86.6 Å². The van der Waals surface area contributed by atoms with Gasteiger partial charge in [0.1, 0.15) is 11.3 Å². The number of rotatable bonds is 4. The maximum atomic E-state index is 11.6. The van der Waals surface area contributed by atoms with E-state index in [4.69, 9.17) is 5.11 Å². The summed E-state index contributed by atoms with van der Waals surface area (Å²) in [4.78, 5) is 22.3. The van der Waals surface area contributed by atoms with Crippen LogP contribution in [-0.4, -0.2) is 22.0 Å². The van der Waals surface area contributed by atoms with Crippen LogP contribution in [-0.2, 0) is 4.79 Å². The van der Waals surface area contributed by atoms with Gasteiger partial charge >= 0.3 is 5.97 Å². The Labute approximate surface area is 111 Å². The second kappa shape index (κ2) is 5.56. The van der Waals surface area contributed by atoms with Crippen LogP contribution in [0.25, 0.3) is 0 Å². The van der Waals surface area contributed by atoms with Gasteiger partial charge in [-0.3, -0.25) is 4.79 Å². The van der Waals surface area contributed by atoms with Crippen molar-refractivity contribution in [3.63, 3.8) is 0 Å². The minimum atomic E-state index is -1.19. The lowest BCUT2D eigenvalue weighted by molar-refractivity contribution is -0.121. The summed E-state index contributed by atoms with van der Waals surface area (Å²) in [6.07, 6.45) is 2.87. The molecule has 0 saturated carbocycles. The normalized spacial score (nSPS) is 11.5. The van der Waals surface area contributed by atoms with E-state index in [-0.39, 0.29) is 17.1 Å². The van der Waals surface area contributed by atoms with Crippen LogP contribution in [0.4, 0.5) is 5.69 Å². The van der Waals surface area contributed by atoms with Crippen LogP contribution in [0.2, 0.25) is 0 Å². The van der Waals surface area contributed by atoms with Gasteiger partial charge in [-0.15, -0.1) is 0 Å². The van der Waals surface area contributed by atoms with Crippen molar-refractivity contribution < 1.29 is 19.8 Å². The van der Waals surface area contributed by atoms with Crippen molar-refractivity contribution in [1.82, 2.24) is 0 Å². The van der Waals surface area contributed by atoms with Gasteiger partial charge in [0.15, 0.2) is 5.78 Å². The molecule has 1 aromatic rings. The van der Waals surface area contributed by atoms with E-state index in [0.717, 1.165) is 0 Å². The second-order valence-electron chi connectivity index (χ2n) is 5.13. The highest BCUT2D eigenvalue weighted by atomic mass is 16.4. The standard InChI is InChI=1S/C14H17NO4/c1-14(2,3)12(17)6-7-15-9-4-5-10(13(18)19)11(16)8-9/h4-8,15-16H,1-3H3,(H,18,19). The molecule has 0 radical (unpaired) electrons. The summed E-state index contributed by atoms with van der Waals surface area (Å²) in [7, 11) is 0. The second-order valence-corrected chi connectivity index (χ2v) is 5.13. The maximum absolute atomic E-state index is 11.6. The van der Waals surface area contributed by atoms with Crippen molar-refractivity contribution in [3.05, 3.63) is 36.0 Å². The van der Waals surface area contributed by atoms with Crippen LogP contribution < -0.4 is 5.32 Å². The number of aromatic carboxylic acids is 1. The van der Waals surface area contributed by atoms with Crippen molar-refractivity contribution in [2.24, 2.45) is 5.41 Å². The van der Waals surface area contributed by atoms with E-state index in [1.54, 1.807) is 0 Å². The minimum Gasteiger partial charge on any atom is -0.507 e. The van der Waals surface area contributed by atoms with E-state index in [2.05, 4.69) is 5.32 Å². The molecule has 0 spiro atoms. The summed E-state index contributed by atoms with van der Waals surface area (Å²) >= 11 is 0. The lowest BCUT2D eigenvalue weighted by Gasteiger charge is -2.13. The van der Waals surface area contributed by atoms with E-state index in [1.807, 2.05) is 20.8 Å². The Bertz CT molecular complexity index is 527. The Kier molecular flexibility index (Phi) is 4.32. The number of carboxylic acid groups (broad SMARTS) is 1. The largest absolute Gasteiger partial charge is 0.507 e. The first-order valence-electron chi connectivity index (χ1n) is 5.75. The SMILES string of the molecule is CC(C)(C)C(=O)C=CNc1ccc(C(=O)O)c(O)c1. The number of hydrogen-bond donors (Lipinski definition) is 3. The average Bonchev–Trinajstić information content (AvgIpc) is 2.27. The molecule has 0 fully saturated rings. The molecule has 0 atom stereocenters. The molecule has 3 N–H and O–H groups in total. The van der Waals surface area contributed by atoms with Gasteiger partial charge in [-0.1, -0.05) is 20.8 Å². The lowest BCUT2D eigenvalue weighted by Crippen LogP contribution is -2.17. The fourth-order valence-electron chi connectivity index (χ4n) is 1.27. The molecule has 19 heavy (non-hydrogen) atoms. The third kappa shape index (κ3) is 4.13. The molecule has 102 valence electrons. The molecule has 5 nitrogen and oxygen atoms in total. The van der Waals surface area contributed by atoms with Crippen LogP contribution in [0.15, 0.2) is 30.5 Å². The number of nitrogens with one attached hydrogen (secondary N) is 1. The number of carbonyl (C=O) groups excluding carboxylic acids is 1. The average molecular weight is 263 g/mol. The zero-order chi connectivity index (χ0) is 14.6. The zero-order valence-corrected chi connectivity index (χ0v) is 11.1. The number of hydrogen-bond acceptors (Lipinski definition) is 4. The Balaban J connectivity index is 2.75. The molecule has 0 aromatic heterocycles. The fourth-order valence-corrected chi connectivity index (χ4v) is 1.27. The van der Waals surface area contributed by atoms with Gasteiger partial charge in [0, 0.05) is 23.4 Å². The molecular formula is C14H17NO4. The smallest absolute Gasteiger partial charge is 0.339 e. The molecule has 0 unspecified atom stereocenters. The molecule has 1 aromatic carbocycles. The predicted molar refractivity (Wildman–Crippen MR) is 72.3 cm³/mol. The van der Waals surface area contributed by atoms with Gasteiger partial charge in [-0.2, -0.15) is 0 Å². The maximum Gasteiger partial charge on any atom is 0.339 e. The highest BCUT2D eigenvalue weighted by Crippen LogP contribution is 2.22. The highest BCUT2D eigenvalue weighted by molar-refractivity contribution is 5.94. The van der Waals surface area contributed by atoms with Gasteiger partial charge in [0.05, 0.1) is 0 Å². The van der Waals surface area contributed by atoms with E-state index in [0.29, 0.717) is 5.69 Å². The summed E-state index contributed by atoms with van der Waals surface area (Å²) in [5.41, 5.74) is -0.117.